The van der Waals surface area contributed by atoms with Crippen LogP contribution in [0.4, 0.5) is 0 Å². The summed E-state index contributed by atoms with van der Waals surface area (Å²) < 4.78 is -0.361. The topological polar surface area (TPSA) is 41.1 Å². The summed E-state index contributed by atoms with van der Waals surface area (Å²) in [6, 6.07) is 43.7. The van der Waals surface area contributed by atoms with Crippen LogP contribution in [0.2, 0.25) is 0 Å². The largest absolute Gasteiger partial charge is 0.355 e. The number of amides is 1. The molecule has 2 fully saturated rings. The van der Waals surface area contributed by atoms with Gasteiger partial charge in [-0.1, -0.05) is 160 Å². The SMILES string of the molecule is CC(C)(CSC(c1ccccc1)(c1ccccc1)c1ccccc1)CC(C)(C)C(=O)NCC1C/C1=C1\CC1NCc1ccccc1. The van der Waals surface area contributed by atoms with E-state index in [0.717, 1.165) is 38.1 Å². The Balaban J connectivity index is 1.09. The molecule has 4 heteroatoms. The van der Waals surface area contributed by atoms with Crippen molar-refractivity contribution in [3.63, 3.8) is 0 Å². The number of carbonyl (C=O) groups is 1. The fourth-order valence-electron chi connectivity index (χ4n) is 7.20. The van der Waals surface area contributed by atoms with Crippen LogP contribution in [0.1, 0.15) is 69.2 Å². The molecular formula is C42H48N2OS. The molecule has 2 atom stereocenters. The molecule has 6 rings (SSSR count). The van der Waals surface area contributed by atoms with E-state index in [1.807, 2.05) is 11.8 Å². The van der Waals surface area contributed by atoms with Gasteiger partial charge in [0.25, 0.3) is 0 Å². The average Bonchev–Trinajstić information content (AvgIpc) is 4.00. The lowest BCUT2D eigenvalue weighted by Gasteiger charge is -2.40. The highest BCUT2D eigenvalue weighted by Crippen LogP contribution is 2.52. The molecule has 0 radical (unpaired) electrons. The maximum Gasteiger partial charge on any atom is 0.225 e. The van der Waals surface area contributed by atoms with Crippen molar-refractivity contribution in [3.8, 4) is 0 Å². The van der Waals surface area contributed by atoms with Crippen LogP contribution in [0.25, 0.3) is 0 Å². The van der Waals surface area contributed by atoms with Gasteiger partial charge in [0.1, 0.15) is 0 Å². The highest BCUT2D eigenvalue weighted by molar-refractivity contribution is 8.00. The highest BCUT2D eigenvalue weighted by atomic mass is 32.2. The lowest BCUT2D eigenvalue weighted by molar-refractivity contribution is -0.130. The maximum atomic E-state index is 13.6. The zero-order valence-electron chi connectivity index (χ0n) is 27.8. The number of carbonyl (C=O) groups excluding carboxylic acids is 1. The first kappa shape index (κ1) is 32.3. The van der Waals surface area contributed by atoms with Crippen LogP contribution in [-0.2, 0) is 16.1 Å². The molecule has 2 unspecified atom stereocenters. The molecule has 0 aromatic heterocycles. The van der Waals surface area contributed by atoms with E-state index in [2.05, 4.69) is 160 Å². The summed E-state index contributed by atoms with van der Waals surface area (Å²) in [6.45, 7) is 10.5. The van der Waals surface area contributed by atoms with E-state index >= 15 is 0 Å². The Hall–Kier alpha value is -3.60. The van der Waals surface area contributed by atoms with Crippen molar-refractivity contribution in [2.75, 3.05) is 12.3 Å². The Kier molecular flexibility index (Phi) is 9.59. The lowest BCUT2D eigenvalue weighted by Crippen LogP contribution is -2.41. The van der Waals surface area contributed by atoms with Gasteiger partial charge in [-0.3, -0.25) is 4.79 Å². The summed E-state index contributed by atoms with van der Waals surface area (Å²) >= 11 is 1.99. The Morgan fingerprint density at radius 2 is 1.20 bits per heavy atom. The first-order valence-electron chi connectivity index (χ1n) is 16.8. The summed E-state index contributed by atoms with van der Waals surface area (Å²) in [5.41, 5.74) is 7.74. The van der Waals surface area contributed by atoms with Gasteiger partial charge < -0.3 is 10.6 Å². The van der Waals surface area contributed by atoms with Crippen LogP contribution in [0.5, 0.6) is 0 Å². The monoisotopic (exact) mass is 628 g/mol. The lowest BCUT2D eigenvalue weighted by atomic mass is 9.75. The standard InChI is InChI=1S/C42H48N2OS/c1-40(2,30-46-42(33-19-11-6-12-20-33,34-21-13-7-14-22-34)35-23-15-8-16-24-35)29-41(3,4)39(45)44-28-32-25-36(32)37-26-38(37)43-27-31-17-9-5-10-18-31/h5-24,32,38,43H,25-30H2,1-4H3,(H,44,45)/b37-36-. The molecular weight excluding hydrogens is 581 g/mol. The van der Waals surface area contributed by atoms with Crippen molar-refractivity contribution in [3.05, 3.63) is 155 Å². The quantitative estimate of drug-likeness (QED) is 0.108. The second-order valence-electron chi connectivity index (χ2n) is 14.6. The van der Waals surface area contributed by atoms with E-state index in [-0.39, 0.29) is 16.1 Å². The molecule has 2 aliphatic rings. The van der Waals surface area contributed by atoms with Crippen LogP contribution in [-0.4, -0.2) is 24.2 Å². The second-order valence-corrected chi connectivity index (χ2v) is 15.8. The van der Waals surface area contributed by atoms with Crippen molar-refractivity contribution < 1.29 is 4.79 Å². The molecule has 0 aliphatic heterocycles. The first-order valence-corrected chi connectivity index (χ1v) is 17.7. The zero-order chi connectivity index (χ0) is 32.2. The van der Waals surface area contributed by atoms with E-state index < -0.39 is 5.41 Å². The third-order valence-electron chi connectivity index (χ3n) is 9.56. The molecule has 1 amide bonds. The normalized spacial score (nSPS) is 19.5. The van der Waals surface area contributed by atoms with Gasteiger partial charge in [0.05, 0.1) is 4.75 Å². The van der Waals surface area contributed by atoms with Gasteiger partial charge in [0, 0.05) is 36.2 Å². The van der Waals surface area contributed by atoms with E-state index in [1.54, 1.807) is 11.1 Å². The van der Waals surface area contributed by atoms with E-state index in [4.69, 9.17) is 0 Å². The first-order chi connectivity index (χ1) is 22.2. The predicted molar refractivity (Wildman–Crippen MR) is 194 cm³/mol. The van der Waals surface area contributed by atoms with Crippen LogP contribution in [0, 0.1) is 16.7 Å². The molecule has 238 valence electrons. The Morgan fingerprint density at radius 3 is 1.72 bits per heavy atom. The molecule has 0 spiro atoms. The summed E-state index contributed by atoms with van der Waals surface area (Å²) in [6.07, 6.45) is 3.08. The third-order valence-corrected chi connectivity index (χ3v) is 11.6. The minimum atomic E-state index is -0.472. The van der Waals surface area contributed by atoms with Gasteiger partial charge in [-0.25, -0.2) is 0 Å². The summed E-state index contributed by atoms with van der Waals surface area (Å²) in [5, 5.41) is 7.03. The molecule has 4 aromatic carbocycles. The summed E-state index contributed by atoms with van der Waals surface area (Å²) in [7, 11) is 0. The fourth-order valence-corrected chi connectivity index (χ4v) is 8.82. The molecule has 3 nitrogen and oxygen atoms in total. The molecule has 2 saturated carbocycles. The molecule has 2 aliphatic carbocycles. The number of thioether (sulfide) groups is 1. The zero-order valence-corrected chi connectivity index (χ0v) is 28.6. The second kappa shape index (κ2) is 13.6. The Morgan fingerprint density at radius 1 is 0.696 bits per heavy atom. The highest BCUT2D eigenvalue weighted by Gasteiger charge is 2.44. The van der Waals surface area contributed by atoms with Gasteiger partial charge >= 0.3 is 0 Å². The predicted octanol–water partition coefficient (Wildman–Crippen LogP) is 9.15. The van der Waals surface area contributed by atoms with Crippen molar-refractivity contribution >= 4 is 17.7 Å². The summed E-state index contributed by atoms with van der Waals surface area (Å²) in [4.78, 5) is 13.6. The number of benzene rings is 4. The van der Waals surface area contributed by atoms with Crippen LogP contribution in [0.15, 0.2) is 132 Å². The van der Waals surface area contributed by atoms with Gasteiger partial charge in [0.2, 0.25) is 5.91 Å². The number of nitrogens with one attached hydrogen (secondary N) is 2. The smallest absolute Gasteiger partial charge is 0.225 e. The van der Waals surface area contributed by atoms with Gasteiger partial charge in [-0.05, 0) is 46.9 Å². The third kappa shape index (κ3) is 7.51. The van der Waals surface area contributed by atoms with Crippen molar-refractivity contribution in [2.24, 2.45) is 16.7 Å². The van der Waals surface area contributed by atoms with Crippen LogP contribution < -0.4 is 10.6 Å². The van der Waals surface area contributed by atoms with Crippen molar-refractivity contribution in [1.29, 1.82) is 0 Å². The Labute approximate surface area is 280 Å². The van der Waals surface area contributed by atoms with Gasteiger partial charge in [-0.2, -0.15) is 0 Å². The van der Waals surface area contributed by atoms with Crippen molar-refractivity contribution in [1.82, 2.24) is 10.6 Å². The molecule has 0 heterocycles. The van der Waals surface area contributed by atoms with Crippen LogP contribution >= 0.6 is 11.8 Å². The maximum absolute atomic E-state index is 13.6. The fraction of sp³-hybridized carbons (Fsp3) is 0.357. The molecule has 0 saturated heterocycles. The minimum Gasteiger partial charge on any atom is -0.355 e. The van der Waals surface area contributed by atoms with Gasteiger partial charge in [-0.15, -0.1) is 11.8 Å². The van der Waals surface area contributed by atoms with Crippen LogP contribution in [0.3, 0.4) is 0 Å². The molecule has 2 N–H and O–H groups in total. The number of hydrogen-bond acceptors (Lipinski definition) is 3. The van der Waals surface area contributed by atoms with Gasteiger partial charge in [0.15, 0.2) is 0 Å². The molecule has 4 aromatic rings. The van der Waals surface area contributed by atoms with Crippen molar-refractivity contribution in [2.45, 2.75) is 64.3 Å². The van der Waals surface area contributed by atoms with E-state index in [0.29, 0.717) is 12.0 Å². The average molecular weight is 629 g/mol. The van der Waals surface area contributed by atoms with E-state index in [9.17, 15) is 4.79 Å². The Bertz CT molecular complexity index is 1530. The van der Waals surface area contributed by atoms with E-state index in [1.165, 1.54) is 22.3 Å². The minimum absolute atomic E-state index is 0.0759. The molecule has 46 heavy (non-hydrogen) atoms. The molecule has 0 bridgehead atoms. The number of hydrogen-bond donors (Lipinski definition) is 2. The number of rotatable bonds is 14. The summed E-state index contributed by atoms with van der Waals surface area (Å²) in [5.74, 6) is 1.57.